The van der Waals surface area contributed by atoms with E-state index in [9.17, 15) is 4.79 Å². The Morgan fingerprint density at radius 1 is 1.30 bits per heavy atom. The van der Waals surface area contributed by atoms with Crippen molar-refractivity contribution in [2.45, 2.75) is 39.2 Å². The summed E-state index contributed by atoms with van der Waals surface area (Å²) in [7, 11) is 2.03. The lowest BCUT2D eigenvalue weighted by Gasteiger charge is -2.36. The van der Waals surface area contributed by atoms with Gasteiger partial charge in [-0.15, -0.1) is 0 Å². The number of rotatable bonds is 11. The second-order valence-corrected chi connectivity index (χ2v) is 5.43. The first-order chi connectivity index (χ1) is 9.60. The van der Waals surface area contributed by atoms with E-state index in [1.54, 1.807) is 0 Å². The molecule has 1 saturated carbocycles. The number of ether oxygens (including phenoxy) is 2. The van der Waals surface area contributed by atoms with Crippen LogP contribution in [0.1, 0.15) is 33.6 Å². The summed E-state index contributed by atoms with van der Waals surface area (Å²) < 4.78 is 10.7. The molecule has 1 aliphatic carbocycles. The van der Waals surface area contributed by atoms with Crippen LogP contribution in [0, 0.1) is 5.92 Å². The van der Waals surface area contributed by atoms with Gasteiger partial charge in [-0.05, 0) is 46.2 Å². The fourth-order valence-corrected chi connectivity index (χ4v) is 2.65. The minimum Gasteiger partial charge on any atom is -0.465 e. The first-order valence-corrected chi connectivity index (χ1v) is 7.79. The molecule has 0 aliphatic heterocycles. The molecule has 0 amide bonds. The molecule has 1 fully saturated rings. The third-order valence-electron chi connectivity index (χ3n) is 3.75. The summed E-state index contributed by atoms with van der Waals surface area (Å²) in [5.74, 6) is 0.295. The van der Waals surface area contributed by atoms with Crippen LogP contribution in [-0.4, -0.2) is 62.9 Å². The lowest BCUT2D eigenvalue weighted by Crippen LogP contribution is -2.61. The standard InChI is InChI=1S/C15H30N2O3/c1-5-16-15(13-8-9-13,14(18)20-7-3)12-17(4)10-11-19-6-2/h13,16H,5-12H2,1-4H3. The fourth-order valence-electron chi connectivity index (χ4n) is 2.65. The number of hydrogen-bond acceptors (Lipinski definition) is 5. The van der Waals surface area contributed by atoms with Crippen molar-refractivity contribution >= 4 is 5.97 Å². The van der Waals surface area contributed by atoms with E-state index in [1.807, 2.05) is 27.8 Å². The smallest absolute Gasteiger partial charge is 0.327 e. The third-order valence-corrected chi connectivity index (χ3v) is 3.75. The summed E-state index contributed by atoms with van der Waals surface area (Å²) in [6.07, 6.45) is 2.20. The zero-order valence-electron chi connectivity index (χ0n) is 13.4. The maximum Gasteiger partial charge on any atom is 0.327 e. The van der Waals surface area contributed by atoms with E-state index in [4.69, 9.17) is 9.47 Å². The first kappa shape index (κ1) is 17.4. The highest BCUT2D eigenvalue weighted by Crippen LogP contribution is 2.41. The van der Waals surface area contributed by atoms with Gasteiger partial charge < -0.3 is 19.7 Å². The molecule has 0 aromatic heterocycles. The van der Waals surface area contributed by atoms with Gasteiger partial charge in [0.25, 0.3) is 0 Å². The van der Waals surface area contributed by atoms with Crippen LogP contribution in [0.4, 0.5) is 0 Å². The van der Waals surface area contributed by atoms with Crippen LogP contribution in [0.25, 0.3) is 0 Å². The highest BCUT2D eigenvalue weighted by molar-refractivity contribution is 5.82. The Morgan fingerprint density at radius 3 is 2.50 bits per heavy atom. The van der Waals surface area contributed by atoms with Crippen LogP contribution in [0.15, 0.2) is 0 Å². The monoisotopic (exact) mass is 286 g/mol. The lowest BCUT2D eigenvalue weighted by molar-refractivity contribution is -0.153. The molecule has 118 valence electrons. The zero-order chi connectivity index (χ0) is 15.0. The number of esters is 1. The van der Waals surface area contributed by atoms with Crippen molar-refractivity contribution in [3.05, 3.63) is 0 Å². The van der Waals surface area contributed by atoms with Gasteiger partial charge in [-0.3, -0.25) is 0 Å². The molecule has 20 heavy (non-hydrogen) atoms. The van der Waals surface area contributed by atoms with Gasteiger partial charge in [0.1, 0.15) is 5.54 Å². The van der Waals surface area contributed by atoms with Crippen molar-refractivity contribution < 1.29 is 14.3 Å². The van der Waals surface area contributed by atoms with Gasteiger partial charge in [-0.25, -0.2) is 4.79 Å². The summed E-state index contributed by atoms with van der Waals surface area (Å²) in [4.78, 5) is 14.6. The Labute approximate surface area is 123 Å². The van der Waals surface area contributed by atoms with Crippen LogP contribution in [0.2, 0.25) is 0 Å². The average Bonchev–Trinajstić information content (AvgIpc) is 3.23. The zero-order valence-corrected chi connectivity index (χ0v) is 13.4. The van der Waals surface area contributed by atoms with Crippen molar-refractivity contribution in [2.75, 3.05) is 46.5 Å². The summed E-state index contributed by atoms with van der Waals surface area (Å²) in [6.45, 7) is 10.0. The molecule has 0 spiro atoms. The van der Waals surface area contributed by atoms with Gasteiger partial charge in [0.05, 0.1) is 13.2 Å². The molecule has 1 aliphatic rings. The first-order valence-electron chi connectivity index (χ1n) is 7.79. The van der Waals surface area contributed by atoms with Crippen LogP contribution in [0.5, 0.6) is 0 Å². The number of hydrogen-bond donors (Lipinski definition) is 1. The van der Waals surface area contributed by atoms with E-state index in [-0.39, 0.29) is 5.97 Å². The van der Waals surface area contributed by atoms with E-state index in [1.165, 1.54) is 0 Å². The molecule has 1 unspecified atom stereocenters. The van der Waals surface area contributed by atoms with Gasteiger partial charge in [0.15, 0.2) is 0 Å². The number of likely N-dealkylation sites (N-methyl/N-ethyl adjacent to an activating group) is 2. The largest absolute Gasteiger partial charge is 0.465 e. The molecule has 0 aromatic rings. The van der Waals surface area contributed by atoms with Crippen molar-refractivity contribution in [2.24, 2.45) is 5.92 Å². The van der Waals surface area contributed by atoms with E-state index in [2.05, 4.69) is 10.2 Å². The minimum absolute atomic E-state index is 0.104. The summed E-state index contributed by atoms with van der Waals surface area (Å²) in [5, 5.41) is 3.41. The van der Waals surface area contributed by atoms with Crippen LogP contribution >= 0.6 is 0 Å². The molecule has 0 saturated heterocycles. The van der Waals surface area contributed by atoms with Gasteiger partial charge in [0, 0.05) is 19.7 Å². The quantitative estimate of drug-likeness (QED) is 0.458. The van der Waals surface area contributed by atoms with Crippen molar-refractivity contribution in [1.82, 2.24) is 10.2 Å². The molecule has 0 aromatic carbocycles. The molecule has 0 radical (unpaired) electrons. The van der Waals surface area contributed by atoms with Gasteiger partial charge in [-0.2, -0.15) is 0 Å². The summed E-state index contributed by atoms with van der Waals surface area (Å²) in [5.41, 5.74) is -0.550. The Hall–Kier alpha value is -0.650. The number of carbonyl (C=O) groups is 1. The molecule has 0 heterocycles. The van der Waals surface area contributed by atoms with Crippen LogP contribution in [-0.2, 0) is 14.3 Å². The maximum atomic E-state index is 12.5. The molecule has 0 bridgehead atoms. The molecule has 1 rings (SSSR count). The predicted molar refractivity (Wildman–Crippen MR) is 79.8 cm³/mol. The van der Waals surface area contributed by atoms with E-state index in [0.29, 0.717) is 25.7 Å². The highest BCUT2D eigenvalue weighted by atomic mass is 16.5. The third kappa shape index (κ3) is 4.72. The SMILES string of the molecule is CCNC(CN(C)CCOCC)(C(=O)OCC)C1CC1. The van der Waals surface area contributed by atoms with Gasteiger partial charge in [0.2, 0.25) is 0 Å². The highest BCUT2D eigenvalue weighted by Gasteiger charge is 2.52. The Balaban J connectivity index is 2.67. The summed E-state index contributed by atoms with van der Waals surface area (Å²) >= 11 is 0. The second kappa shape index (κ2) is 8.60. The molecule has 1 atom stereocenters. The van der Waals surface area contributed by atoms with E-state index in [0.717, 1.165) is 32.5 Å². The minimum atomic E-state index is -0.550. The normalized spacial score (nSPS) is 18.1. The summed E-state index contributed by atoms with van der Waals surface area (Å²) in [6, 6.07) is 0. The van der Waals surface area contributed by atoms with Crippen molar-refractivity contribution in [3.8, 4) is 0 Å². The number of nitrogens with one attached hydrogen (secondary N) is 1. The topological polar surface area (TPSA) is 50.8 Å². The van der Waals surface area contributed by atoms with Crippen LogP contribution in [0.3, 0.4) is 0 Å². The number of carbonyl (C=O) groups excluding carboxylic acids is 1. The average molecular weight is 286 g/mol. The Kier molecular flexibility index (Phi) is 7.48. The lowest BCUT2D eigenvalue weighted by atomic mass is 9.92. The van der Waals surface area contributed by atoms with Crippen molar-refractivity contribution in [1.29, 1.82) is 0 Å². The molecule has 5 heteroatoms. The Bertz CT molecular complexity index is 295. The fraction of sp³-hybridized carbons (Fsp3) is 0.933. The molecular formula is C15H30N2O3. The van der Waals surface area contributed by atoms with E-state index < -0.39 is 5.54 Å². The molecule has 1 N–H and O–H groups in total. The molecule has 5 nitrogen and oxygen atoms in total. The Morgan fingerprint density at radius 2 is 2.00 bits per heavy atom. The maximum absolute atomic E-state index is 12.5. The van der Waals surface area contributed by atoms with Crippen LogP contribution < -0.4 is 5.32 Å². The predicted octanol–water partition coefficient (Wildman–Crippen LogP) is 1.28. The number of nitrogens with zero attached hydrogens (tertiary/aromatic N) is 1. The molecular weight excluding hydrogens is 256 g/mol. The second-order valence-electron chi connectivity index (χ2n) is 5.43. The van der Waals surface area contributed by atoms with Crippen molar-refractivity contribution in [3.63, 3.8) is 0 Å². The van der Waals surface area contributed by atoms with E-state index >= 15 is 0 Å². The van der Waals surface area contributed by atoms with Gasteiger partial charge >= 0.3 is 5.97 Å². The van der Waals surface area contributed by atoms with Gasteiger partial charge in [-0.1, -0.05) is 6.92 Å².